The second-order valence-electron chi connectivity index (χ2n) is 5.46. The first-order valence-electron chi connectivity index (χ1n) is 6.98. The summed E-state index contributed by atoms with van der Waals surface area (Å²) in [5.74, 6) is 0.257. The molecule has 2 heterocycles. The molecule has 2 fully saturated rings. The van der Waals surface area contributed by atoms with Gasteiger partial charge in [-0.1, -0.05) is 6.42 Å². The maximum atomic E-state index is 11.9. The highest BCUT2D eigenvalue weighted by Gasteiger charge is 2.26. The molecule has 98 valence electrons. The summed E-state index contributed by atoms with van der Waals surface area (Å²) in [5.41, 5.74) is 3.34. The maximum absolute atomic E-state index is 11.9. The number of likely N-dealkylation sites (tertiary alicyclic amines) is 1. The largest absolute Gasteiger partial charge is 0.342 e. The SMILES string of the molecule is CC1CCCC(C)N1NCC(=O)N1CCCC1. The highest BCUT2D eigenvalue weighted by atomic mass is 16.2. The van der Waals surface area contributed by atoms with Crippen LogP contribution in [0.2, 0.25) is 0 Å². The van der Waals surface area contributed by atoms with Crippen molar-refractivity contribution in [1.29, 1.82) is 0 Å². The number of hydrazine groups is 1. The lowest BCUT2D eigenvalue weighted by Gasteiger charge is -2.39. The zero-order valence-corrected chi connectivity index (χ0v) is 11.1. The molecule has 2 aliphatic rings. The molecule has 1 amide bonds. The molecule has 0 aromatic heterocycles. The first-order valence-corrected chi connectivity index (χ1v) is 6.98. The minimum atomic E-state index is 0.257. The van der Waals surface area contributed by atoms with Crippen LogP contribution in [-0.4, -0.2) is 47.5 Å². The van der Waals surface area contributed by atoms with E-state index in [9.17, 15) is 4.79 Å². The van der Waals surface area contributed by atoms with Crippen LogP contribution in [0.1, 0.15) is 46.0 Å². The summed E-state index contributed by atoms with van der Waals surface area (Å²) in [7, 11) is 0. The first kappa shape index (κ1) is 12.8. The van der Waals surface area contributed by atoms with Gasteiger partial charge in [-0.05, 0) is 39.5 Å². The first-order chi connectivity index (χ1) is 8.18. The van der Waals surface area contributed by atoms with E-state index >= 15 is 0 Å². The summed E-state index contributed by atoms with van der Waals surface area (Å²) >= 11 is 0. The van der Waals surface area contributed by atoms with E-state index in [1.54, 1.807) is 0 Å². The van der Waals surface area contributed by atoms with Gasteiger partial charge in [0.1, 0.15) is 0 Å². The number of carbonyl (C=O) groups is 1. The predicted molar refractivity (Wildman–Crippen MR) is 68.4 cm³/mol. The smallest absolute Gasteiger partial charge is 0.237 e. The molecule has 2 unspecified atom stereocenters. The fourth-order valence-electron chi connectivity index (χ4n) is 2.97. The lowest BCUT2D eigenvalue weighted by molar-refractivity contribution is -0.130. The Hall–Kier alpha value is -0.610. The Morgan fingerprint density at radius 2 is 1.71 bits per heavy atom. The van der Waals surface area contributed by atoms with Crippen molar-refractivity contribution >= 4 is 5.91 Å². The third-order valence-corrected chi connectivity index (χ3v) is 4.07. The lowest BCUT2D eigenvalue weighted by Crippen LogP contribution is -2.54. The van der Waals surface area contributed by atoms with Crippen LogP contribution in [0.3, 0.4) is 0 Å². The average Bonchev–Trinajstić information content (AvgIpc) is 2.81. The number of carbonyl (C=O) groups excluding carboxylic acids is 1. The van der Waals surface area contributed by atoms with E-state index in [-0.39, 0.29) is 5.91 Å². The molecule has 17 heavy (non-hydrogen) atoms. The summed E-state index contributed by atoms with van der Waals surface area (Å²) in [6.45, 7) is 6.85. The normalized spacial score (nSPS) is 30.8. The molecule has 2 rings (SSSR count). The number of piperidine rings is 1. The minimum absolute atomic E-state index is 0.257. The lowest BCUT2D eigenvalue weighted by atomic mass is 10.00. The van der Waals surface area contributed by atoms with Crippen molar-refractivity contribution in [3.63, 3.8) is 0 Å². The number of nitrogens with one attached hydrogen (secondary N) is 1. The number of hydrogen-bond acceptors (Lipinski definition) is 3. The van der Waals surface area contributed by atoms with Gasteiger partial charge in [-0.25, -0.2) is 10.4 Å². The van der Waals surface area contributed by atoms with Crippen molar-refractivity contribution in [2.45, 2.75) is 58.0 Å². The van der Waals surface area contributed by atoms with Crippen molar-refractivity contribution in [3.05, 3.63) is 0 Å². The van der Waals surface area contributed by atoms with E-state index in [0.717, 1.165) is 13.1 Å². The third-order valence-electron chi connectivity index (χ3n) is 4.07. The summed E-state index contributed by atoms with van der Waals surface area (Å²) in [6.07, 6.45) is 6.11. The molecule has 2 atom stereocenters. The van der Waals surface area contributed by atoms with E-state index in [4.69, 9.17) is 0 Å². The van der Waals surface area contributed by atoms with Gasteiger partial charge in [-0.2, -0.15) is 0 Å². The van der Waals surface area contributed by atoms with Gasteiger partial charge in [0.25, 0.3) is 0 Å². The summed E-state index contributed by atoms with van der Waals surface area (Å²) < 4.78 is 0. The van der Waals surface area contributed by atoms with Crippen LogP contribution >= 0.6 is 0 Å². The Morgan fingerprint density at radius 1 is 1.12 bits per heavy atom. The Labute approximate surface area is 104 Å². The molecule has 0 saturated carbocycles. The molecule has 4 nitrogen and oxygen atoms in total. The number of nitrogens with zero attached hydrogens (tertiary/aromatic N) is 2. The Balaban J connectivity index is 1.77. The molecule has 0 aromatic carbocycles. The average molecular weight is 239 g/mol. The van der Waals surface area contributed by atoms with Gasteiger partial charge in [0.15, 0.2) is 0 Å². The standard InChI is InChI=1S/C13H25N3O/c1-11-6-5-7-12(2)16(11)14-10-13(17)15-8-3-4-9-15/h11-12,14H,3-10H2,1-2H3. The van der Waals surface area contributed by atoms with Crippen molar-refractivity contribution in [3.8, 4) is 0 Å². The highest BCUT2D eigenvalue weighted by Crippen LogP contribution is 2.20. The zero-order chi connectivity index (χ0) is 12.3. The third kappa shape index (κ3) is 3.19. The van der Waals surface area contributed by atoms with Gasteiger partial charge in [0, 0.05) is 25.2 Å². The molecule has 1 N–H and O–H groups in total. The van der Waals surface area contributed by atoms with E-state index in [0.29, 0.717) is 18.6 Å². The van der Waals surface area contributed by atoms with Crippen LogP contribution in [0.4, 0.5) is 0 Å². The van der Waals surface area contributed by atoms with Crippen molar-refractivity contribution in [2.75, 3.05) is 19.6 Å². The molecule has 2 aliphatic heterocycles. The van der Waals surface area contributed by atoms with Crippen LogP contribution in [-0.2, 0) is 4.79 Å². The molecular formula is C13H25N3O. The molecular weight excluding hydrogens is 214 g/mol. The second-order valence-corrected chi connectivity index (χ2v) is 5.46. The van der Waals surface area contributed by atoms with Crippen LogP contribution in [0.5, 0.6) is 0 Å². The van der Waals surface area contributed by atoms with Crippen LogP contribution in [0.25, 0.3) is 0 Å². The Morgan fingerprint density at radius 3 is 2.29 bits per heavy atom. The highest BCUT2D eigenvalue weighted by molar-refractivity contribution is 5.78. The molecule has 2 saturated heterocycles. The molecule has 0 aliphatic carbocycles. The fourth-order valence-corrected chi connectivity index (χ4v) is 2.97. The van der Waals surface area contributed by atoms with Crippen LogP contribution < -0.4 is 5.43 Å². The Kier molecular flexibility index (Phi) is 4.40. The van der Waals surface area contributed by atoms with E-state index in [2.05, 4.69) is 24.3 Å². The van der Waals surface area contributed by atoms with Gasteiger partial charge in [0.2, 0.25) is 5.91 Å². The minimum Gasteiger partial charge on any atom is -0.342 e. The summed E-state index contributed by atoms with van der Waals surface area (Å²) in [6, 6.07) is 1.09. The number of rotatable bonds is 3. The monoisotopic (exact) mass is 239 g/mol. The van der Waals surface area contributed by atoms with E-state index in [1.165, 1.54) is 32.1 Å². The number of amides is 1. The predicted octanol–water partition coefficient (Wildman–Crippen LogP) is 1.38. The van der Waals surface area contributed by atoms with Gasteiger partial charge < -0.3 is 4.90 Å². The van der Waals surface area contributed by atoms with Crippen LogP contribution in [0, 0.1) is 0 Å². The molecule has 0 radical (unpaired) electrons. The van der Waals surface area contributed by atoms with Crippen LogP contribution in [0.15, 0.2) is 0 Å². The summed E-state index contributed by atoms with van der Waals surface area (Å²) in [4.78, 5) is 13.9. The van der Waals surface area contributed by atoms with Gasteiger partial charge in [0.05, 0.1) is 6.54 Å². The summed E-state index contributed by atoms with van der Waals surface area (Å²) in [5, 5.41) is 2.28. The Bertz CT molecular complexity index is 253. The van der Waals surface area contributed by atoms with Crippen molar-refractivity contribution in [1.82, 2.24) is 15.3 Å². The molecule has 0 spiro atoms. The van der Waals surface area contributed by atoms with Gasteiger partial charge in [-0.3, -0.25) is 4.79 Å². The topological polar surface area (TPSA) is 35.6 Å². The number of hydrogen-bond donors (Lipinski definition) is 1. The van der Waals surface area contributed by atoms with Crippen molar-refractivity contribution < 1.29 is 4.79 Å². The van der Waals surface area contributed by atoms with Gasteiger partial charge in [-0.15, -0.1) is 0 Å². The van der Waals surface area contributed by atoms with E-state index < -0.39 is 0 Å². The molecule has 4 heteroatoms. The van der Waals surface area contributed by atoms with Gasteiger partial charge >= 0.3 is 0 Å². The zero-order valence-electron chi connectivity index (χ0n) is 11.1. The quantitative estimate of drug-likeness (QED) is 0.808. The second kappa shape index (κ2) is 5.83. The van der Waals surface area contributed by atoms with Crippen molar-refractivity contribution in [2.24, 2.45) is 0 Å². The maximum Gasteiger partial charge on any atom is 0.237 e. The fraction of sp³-hybridized carbons (Fsp3) is 0.923. The molecule has 0 bridgehead atoms. The molecule has 0 aromatic rings. The van der Waals surface area contributed by atoms with E-state index in [1.807, 2.05) is 4.90 Å².